The fourth-order valence-electron chi connectivity index (χ4n) is 3.30. The molecule has 0 radical (unpaired) electrons. The van der Waals surface area contributed by atoms with Crippen molar-refractivity contribution in [3.05, 3.63) is 35.4 Å². The lowest BCUT2D eigenvalue weighted by Crippen LogP contribution is -2.36. The first-order chi connectivity index (χ1) is 11.4. The maximum Gasteiger partial charge on any atom is 0.308 e. The Morgan fingerprint density at radius 1 is 1.12 bits per heavy atom. The zero-order valence-electron chi connectivity index (χ0n) is 13.3. The Bertz CT molecular complexity index is 694. The predicted octanol–water partition coefficient (Wildman–Crippen LogP) is 0.852. The Morgan fingerprint density at radius 3 is 2.21 bits per heavy atom. The van der Waals surface area contributed by atoms with E-state index in [1.54, 1.807) is 31.2 Å². The molecule has 1 N–H and O–H groups in total. The standard InChI is InChI=1S/C17H18N2O5/c1-10-8-18(9-13(10)17(23)24)14(20)6-7-19-15(21)11-4-2-3-5-12(11)16(19)22/h2-5,10,13H,6-9H2,1H3,(H,23,24)/t10-,13-/m1/s1. The molecule has 2 heterocycles. The number of carbonyl (C=O) groups excluding carboxylic acids is 3. The third-order valence-electron chi connectivity index (χ3n) is 4.71. The highest BCUT2D eigenvalue weighted by atomic mass is 16.4. The van der Waals surface area contributed by atoms with Gasteiger partial charge in [0.25, 0.3) is 11.8 Å². The van der Waals surface area contributed by atoms with Crippen LogP contribution in [0.1, 0.15) is 34.1 Å². The van der Waals surface area contributed by atoms with Gasteiger partial charge in [-0.15, -0.1) is 0 Å². The molecule has 0 aliphatic carbocycles. The molecule has 1 saturated heterocycles. The summed E-state index contributed by atoms with van der Waals surface area (Å²) in [6, 6.07) is 6.57. The molecule has 3 amide bonds. The molecule has 126 valence electrons. The van der Waals surface area contributed by atoms with E-state index in [0.717, 1.165) is 4.90 Å². The lowest BCUT2D eigenvalue weighted by atomic mass is 9.99. The van der Waals surface area contributed by atoms with Crippen LogP contribution in [0.5, 0.6) is 0 Å². The summed E-state index contributed by atoms with van der Waals surface area (Å²) in [7, 11) is 0. The third-order valence-corrected chi connectivity index (χ3v) is 4.71. The molecule has 24 heavy (non-hydrogen) atoms. The van der Waals surface area contributed by atoms with Gasteiger partial charge in [-0.3, -0.25) is 24.1 Å². The van der Waals surface area contributed by atoms with Crippen LogP contribution < -0.4 is 0 Å². The zero-order chi connectivity index (χ0) is 17.4. The van der Waals surface area contributed by atoms with Gasteiger partial charge < -0.3 is 10.0 Å². The molecule has 7 heteroatoms. The number of hydrogen-bond donors (Lipinski definition) is 1. The molecular formula is C17H18N2O5. The van der Waals surface area contributed by atoms with Crippen molar-refractivity contribution in [2.45, 2.75) is 13.3 Å². The molecule has 2 atom stereocenters. The first-order valence-electron chi connectivity index (χ1n) is 7.86. The van der Waals surface area contributed by atoms with Gasteiger partial charge in [-0.25, -0.2) is 0 Å². The van der Waals surface area contributed by atoms with E-state index < -0.39 is 11.9 Å². The second-order valence-electron chi connectivity index (χ2n) is 6.28. The minimum absolute atomic E-state index is 0.00449. The number of aliphatic carboxylic acids is 1. The van der Waals surface area contributed by atoms with Crippen LogP contribution in [0, 0.1) is 11.8 Å². The van der Waals surface area contributed by atoms with E-state index in [9.17, 15) is 19.2 Å². The Hall–Kier alpha value is -2.70. The molecule has 0 unspecified atom stereocenters. The van der Waals surface area contributed by atoms with E-state index in [1.807, 2.05) is 0 Å². The van der Waals surface area contributed by atoms with Gasteiger partial charge in [-0.05, 0) is 18.1 Å². The molecule has 0 aromatic heterocycles. The summed E-state index contributed by atoms with van der Waals surface area (Å²) in [5, 5.41) is 9.12. The van der Waals surface area contributed by atoms with Crippen LogP contribution in [0.15, 0.2) is 24.3 Å². The lowest BCUT2D eigenvalue weighted by molar-refractivity contribution is -0.142. The van der Waals surface area contributed by atoms with Crippen LogP contribution in [0.25, 0.3) is 0 Å². The van der Waals surface area contributed by atoms with Crippen LogP contribution in [-0.4, -0.2) is 58.2 Å². The third kappa shape index (κ3) is 2.66. The van der Waals surface area contributed by atoms with Gasteiger partial charge in [0.15, 0.2) is 0 Å². The van der Waals surface area contributed by atoms with E-state index in [4.69, 9.17) is 5.11 Å². The number of benzene rings is 1. The average molecular weight is 330 g/mol. The van der Waals surface area contributed by atoms with Gasteiger partial charge in [0.1, 0.15) is 0 Å². The van der Waals surface area contributed by atoms with Gasteiger partial charge in [-0.1, -0.05) is 19.1 Å². The molecule has 0 bridgehead atoms. The van der Waals surface area contributed by atoms with Crippen molar-refractivity contribution in [1.82, 2.24) is 9.80 Å². The summed E-state index contributed by atoms with van der Waals surface area (Å²) in [5.74, 6) is -2.58. The molecular weight excluding hydrogens is 312 g/mol. The number of fused-ring (bicyclic) bond motifs is 1. The Kier molecular flexibility index (Phi) is 4.09. The molecule has 3 rings (SSSR count). The smallest absolute Gasteiger partial charge is 0.308 e. The van der Waals surface area contributed by atoms with Crippen LogP contribution >= 0.6 is 0 Å². The average Bonchev–Trinajstić information content (AvgIpc) is 3.06. The summed E-state index contributed by atoms with van der Waals surface area (Å²) in [6.45, 7) is 2.37. The van der Waals surface area contributed by atoms with Crippen molar-refractivity contribution >= 4 is 23.7 Å². The Labute approximate surface area is 138 Å². The quantitative estimate of drug-likeness (QED) is 0.826. The van der Waals surface area contributed by atoms with Gasteiger partial charge in [0, 0.05) is 26.1 Å². The number of imide groups is 1. The van der Waals surface area contributed by atoms with E-state index in [1.165, 1.54) is 4.90 Å². The highest BCUT2D eigenvalue weighted by Crippen LogP contribution is 2.25. The van der Waals surface area contributed by atoms with Gasteiger partial charge in [0.2, 0.25) is 5.91 Å². The molecule has 1 fully saturated rings. The Morgan fingerprint density at radius 2 is 1.71 bits per heavy atom. The van der Waals surface area contributed by atoms with Crippen molar-refractivity contribution in [1.29, 1.82) is 0 Å². The summed E-state index contributed by atoms with van der Waals surface area (Å²) in [4.78, 5) is 50.5. The maximum atomic E-state index is 12.3. The molecule has 7 nitrogen and oxygen atoms in total. The highest BCUT2D eigenvalue weighted by Gasteiger charge is 2.38. The Balaban J connectivity index is 1.61. The second-order valence-corrected chi connectivity index (χ2v) is 6.28. The van der Waals surface area contributed by atoms with E-state index in [0.29, 0.717) is 17.7 Å². The number of carbonyl (C=O) groups is 4. The first kappa shape index (κ1) is 16.2. The topological polar surface area (TPSA) is 95.0 Å². The summed E-state index contributed by atoms with van der Waals surface area (Å²) in [5.41, 5.74) is 0.714. The van der Waals surface area contributed by atoms with E-state index in [2.05, 4.69) is 0 Å². The number of nitrogens with zero attached hydrogens (tertiary/aromatic N) is 2. The number of carboxylic acids is 1. The monoisotopic (exact) mass is 330 g/mol. The van der Waals surface area contributed by atoms with Gasteiger partial charge in [-0.2, -0.15) is 0 Å². The first-order valence-corrected chi connectivity index (χ1v) is 7.86. The van der Waals surface area contributed by atoms with Crippen LogP contribution in [0.4, 0.5) is 0 Å². The molecule has 1 aromatic carbocycles. The van der Waals surface area contributed by atoms with Gasteiger partial charge in [0.05, 0.1) is 17.0 Å². The SMILES string of the molecule is C[C@@H]1CN(C(=O)CCN2C(=O)c3ccccc3C2=O)C[C@H]1C(=O)O. The predicted molar refractivity (Wildman–Crippen MR) is 83.3 cm³/mol. The lowest BCUT2D eigenvalue weighted by Gasteiger charge is -2.18. The van der Waals surface area contributed by atoms with E-state index in [-0.39, 0.29) is 43.1 Å². The number of carboxylic acid groups (broad SMARTS) is 1. The summed E-state index contributed by atoms with van der Waals surface area (Å²) in [6.07, 6.45) is 0.00449. The fourth-order valence-corrected chi connectivity index (χ4v) is 3.30. The maximum absolute atomic E-state index is 12.3. The molecule has 1 aromatic rings. The summed E-state index contributed by atoms with van der Waals surface area (Å²) < 4.78 is 0. The second kappa shape index (κ2) is 6.07. The molecule has 0 spiro atoms. The van der Waals surface area contributed by atoms with Crippen molar-refractivity contribution in [3.63, 3.8) is 0 Å². The summed E-state index contributed by atoms with van der Waals surface area (Å²) >= 11 is 0. The fraction of sp³-hybridized carbons (Fsp3) is 0.412. The number of rotatable bonds is 4. The largest absolute Gasteiger partial charge is 0.481 e. The molecule has 2 aliphatic heterocycles. The highest BCUT2D eigenvalue weighted by molar-refractivity contribution is 6.21. The number of hydrogen-bond acceptors (Lipinski definition) is 4. The number of amides is 3. The minimum Gasteiger partial charge on any atom is -0.481 e. The van der Waals surface area contributed by atoms with Crippen molar-refractivity contribution < 1.29 is 24.3 Å². The van der Waals surface area contributed by atoms with Crippen LogP contribution in [-0.2, 0) is 9.59 Å². The molecule has 2 aliphatic rings. The van der Waals surface area contributed by atoms with Crippen LogP contribution in [0.3, 0.4) is 0 Å². The van der Waals surface area contributed by atoms with Crippen molar-refractivity contribution in [2.24, 2.45) is 11.8 Å². The van der Waals surface area contributed by atoms with Gasteiger partial charge >= 0.3 is 5.97 Å². The van der Waals surface area contributed by atoms with Crippen molar-refractivity contribution in [3.8, 4) is 0 Å². The van der Waals surface area contributed by atoms with Crippen molar-refractivity contribution in [2.75, 3.05) is 19.6 Å². The van der Waals surface area contributed by atoms with Crippen LogP contribution in [0.2, 0.25) is 0 Å². The van der Waals surface area contributed by atoms with E-state index >= 15 is 0 Å². The molecule has 0 saturated carbocycles. The zero-order valence-corrected chi connectivity index (χ0v) is 13.3. The normalized spacial score (nSPS) is 22.9. The number of likely N-dealkylation sites (tertiary alicyclic amines) is 1. The minimum atomic E-state index is -0.904.